The van der Waals surface area contributed by atoms with Gasteiger partial charge in [-0.05, 0) is 88.9 Å². The molecule has 4 rings (SSSR count). The fraction of sp³-hybridized carbons (Fsp3) is 0.960. The van der Waals surface area contributed by atoms with Crippen molar-refractivity contribution in [1.29, 1.82) is 0 Å². The van der Waals surface area contributed by atoms with Crippen LogP contribution in [-0.4, -0.2) is 89.4 Å². The van der Waals surface area contributed by atoms with Crippen LogP contribution >= 0.6 is 0 Å². The molecule has 11 unspecified atom stereocenters. The molecule has 0 amide bonds. The molecule has 4 aliphatic carbocycles. The van der Waals surface area contributed by atoms with E-state index in [0.717, 1.165) is 6.42 Å². The Kier molecular flexibility index (Phi) is 10.4. The second-order valence-corrected chi connectivity index (χ2v) is 24.2. The van der Waals surface area contributed by atoms with E-state index in [1.165, 1.54) is 21.3 Å². The van der Waals surface area contributed by atoms with Crippen molar-refractivity contribution in [3.05, 3.63) is 0 Å². The van der Waals surface area contributed by atoms with Crippen molar-refractivity contribution < 1.29 is 62.2 Å². The summed E-state index contributed by atoms with van der Waals surface area (Å²) in [5.74, 6) is -1.13. The van der Waals surface area contributed by atoms with Gasteiger partial charge in [-0.3, -0.25) is 4.79 Å². The van der Waals surface area contributed by atoms with Gasteiger partial charge in [-0.25, -0.2) is 13.1 Å². The SMILES string of the molecule is CO[Si](C)(O[Si](O)(OC)C1CC2CC1CC2CNS(=O)(=O)C(F)(F)F)O[Si](O)(OC)C1CC2CC1CC2C(=O)OC(C)(C)C. The van der Waals surface area contributed by atoms with Crippen LogP contribution < -0.4 is 4.72 Å². The molecule has 0 aromatic heterocycles. The van der Waals surface area contributed by atoms with Gasteiger partial charge in [0, 0.05) is 45.5 Å². The van der Waals surface area contributed by atoms with Crippen molar-refractivity contribution in [3.8, 4) is 0 Å². The van der Waals surface area contributed by atoms with Gasteiger partial charge in [0.2, 0.25) is 0 Å². The van der Waals surface area contributed by atoms with Crippen LogP contribution in [0.3, 0.4) is 0 Å². The van der Waals surface area contributed by atoms with E-state index in [9.17, 15) is 36.0 Å². The number of alkyl halides is 3. The smallest absolute Gasteiger partial charge is 0.460 e. The number of hydrogen-bond acceptors (Lipinski definition) is 11. The lowest BCUT2D eigenvalue weighted by molar-refractivity contribution is -0.162. The maximum atomic E-state index is 12.8. The molecule has 0 aromatic carbocycles. The van der Waals surface area contributed by atoms with E-state index in [1.807, 2.05) is 20.8 Å². The van der Waals surface area contributed by atoms with Crippen LogP contribution in [0.1, 0.15) is 59.3 Å². The Hall–Kier alpha value is -0.459. The van der Waals surface area contributed by atoms with Crippen LogP contribution in [0.5, 0.6) is 0 Å². The number of fused-ring (bicyclic) bond motifs is 4. The van der Waals surface area contributed by atoms with Crippen LogP contribution in [-0.2, 0) is 41.1 Å². The summed E-state index contributed by atoms with van der Waals surface area (Å²) < 4.78 is 97.9. The molecule has 4 saturated carbocycles. The number of sulfonamides is 1. The average molecular weight is 710 g/mol. The fourth-order valence-corrected chi connectivity index (χ4v) is 19.4. The summed E-state index contributed by atoms with van der Waals surface area (Å²) in [5.41, 5.74) is -6.81. The molecule has 0 heterocycles. The highest BCUT2D eigenvalue weighted by atomic mass is 32.2. The number of hydrogen-bond donors (Lipinski definition) is 3. The quantitative estimate of drug-likeness (QED) is 0.191. The molecule has 4 fully saturated rings. The van der Waals surface area contributed by atoms with E-state index in [1.54, 1.807) is 11.3 Å². The Balaban J connectivity index is 1.40. The zero-order valence-corrected chi connectivity index (χ0v) is 30.0. The average Bonchev–Trinajstić information content (AvgIpc) is 3.71. The number of rotatable bonds is 13. The lowest BCUT2D eigenvalue weighted by Gasteiger charge is -2.43. The molecule has 0 aliphatic heterocycles. The van der Waals surface area contributed by atoms with E-state index in [2.05, 4.69) is 0 Å². The van der Waals surface area contributed by atoms with Gasteiger partial charge in [0.15, 0.2) is 0 Å². The molecule has 12 nitrogen and oxygen atoms in total. The maximum Gasteiger partial charge on any atom is 0.511 e. The van der Waals surface area contributed by atoms with E-state index in [0.29, 0.717) is 32.1 Å². The lowest BCUT2D eigenvalue weighted by Crippen LogP contribution is -2.64. The predicted octanol–water partition coefficient (Wildman–Crippen LogP) is 3.00. The number of nitrogens with one attached hydrogen (secondary N) is 1. The van der Waals surface area contributed by atoms with E-state index < -0.39 is 53.1 Å². The second kappa shape index (κ2) is 12.5. The minimum absolute atomic E-state index is 0.0156. The van der Waals surface area contributed by atoms with Crippen LogP contribution in [0.15, 0.2) is 0 Å². The Morgan fingerprint density at radius 3 is 1.70 bits per heavy atom. The van der Waals surface area contributed by atoms with Gasteiger partial charge in [0.25, 0.3) is 0 Å². The van der Waals surface area contributed by atoms with Crippen molar-refractivity contribution >= 4 is 42.4 Å². The first-order chi connectivity index (χ1) is 20.1. The second-order valence-electron chi connectivity index (χ2n) is 13.8. The summed E-state index contributed by atoms with van der Waals surface area (Å²) in [7, 11) is -13.3. The molecule has 4 aliphatic rings. The van der Waals surface area contributed by atoms with Crippen molar-refractivity contribution in [2.75, 3.05) is 27.9 Å². The predicted molar refractivity (Wildman–Crippen MR) is 156 cm³/mol. The van der Waals surface area contributed by atoms with Gasteiger partial charge >= 0.3 is 47.9 Å². The number of carbonyl (C=O) groups excluding carboxylic acids is 1. The van der Waals surface area contributed by atoms with Gasteiger partial charge in [-0.15, -0.1) is 0 Å². The third-order valence-corrected chi connectivity index (χ3v) is 21.6. The first-order valence-electron chi connectivity index (χ1n) is 14.9. The molecular weight excluding hydrogens is 664 g/mol. The zero-order valence-electron chi connectivity index (χ0n) is 26.2. The fourth-order valence-electron chi connectivity index (χ4n) is 7.95. The van der Waals surface area contributed by atoms with E-state index in [-0.39, 0.29) is 53.6 Å². The summed E-state index contributed by atoms with van der Waals surface area (Å²) in [4.78, 5) is 36.3. The van der Waals surface area contributed by atoms with Crippen LogP contribution in [0, 0.1) is 35.5 Å². The third-order valence-electron chi connectivity index (χ3n) is 9.97. The van der Waals surface area contributed by atoms with Gasteiger partial charge in [0.05, 0.1) is 5.92 Å². The molecule has 44 heavy (non-hydrogen) atoms. The van der Waals surface area contributed by atoms with E-state index in [4.69, 9.17) is 26.2 Å². The largest absolute Gasteiger partial charge is 0.511 e. The van der Waals surface area contributed by atoms with Gasteiger partial charge in [-0.2, -0.15) is 13.2 Å². The third kappa shape index (κ3) is 7.33. The molecule has 0 radical (unpaired) electrons. The number of esters is 1. The topological polar surface area (TPSA) is 159 Å². The molecule has 4 bridgehead atoms. The monoisotopic (exact) mass is 709 g/mol. The molecule has 3 N–H and O–H groups in total. The maximum absolute atomic E-state index is 12.8. The summed E-state index contributed by atoms with van der Waals surface area (Å²) in [5, 5.41) is 0. The summed E-state index contributed by atoms with van der Waals surface area (Å²) in [6.07, 6.45) is 3.13. The van der Waals surface area contributed by atoms with Crippen molar-refractivity contribution in [2.45, 2.75) is 88.0 Å². The first-order valence-corrected chi connectivity index (χ1v) is 22.3. The summed E-state index contributed by atoms with van der Waals surface area (Å²) in [6, 6.07) is 0. The van der Waals surface area contributed by atoms with Gasteiger partial charge in [0.1, 0.15) is 5.60 Å². The summed E-state index contributed by atoms with van der Waals surface area (Å²) in [6.45, 7) is 6.67. The molecule has 0 spiro atoms. The van der Waals surface area contributed by atoms with Crippen LogP contribution in [0.2, 0.25) is 17.6 Å². The van der Waals surface area contributed by atoms with E-state index >= 15 is 0 Å². The molecular formula is C25H46F3NO11SSi3. The highest BCUT2D eigenvalue weighted by Gasteiger charge is 2.66. The molecule has 0 saturated heterocycles. The Labute approximate surface area is 260 Å². The Morgan fingerprint density at radius 1 is 0.818 bits per heavy atom. The Morgan fingerprint density at radius 2 is 1.32 bits per heavy atom. The van der Waals surface area contributed by atoms with Crippen LogP contribution in [0.25, 0.3) is 0 Å². The van der Waals surface area contributed by atoms with Crippen LogP contribution in [0.4, 0.5) is 13.2 Å². The van der Waals surface area contributed by atoms with Crippen molar-refractivity contribution in [3.63, 3.8) is 0 Å². The lowest BCUT2D eigenvalue weighted by atomic mass is 9.88. The first kappa shape index (κ1) is 36.4. The van der Waals surface area contributed by atoms with Gasteiger partial charge in [-0.1, -0.05) is 0 Å². The van der Waals surface area contributed by atoms with Crippen molar-refractivity contribution in [1.82, 2.24) is 4.72 Å². The zero-order chi connectivity index (χ0) is 33.1. The number of carbonyl (C=O) groups is 1. The minimum atomic E-state index is -5.44. The highest BCUT2D eigenvalue weighted by molar-refractivity contribution is 7.90. The Bertz CT molecular complexity index is 1180. The van der Waals surface area contributed by atoms with Gasteiger partial charge < -0.3 is 35.8 Å². The minimum Gasteiger partial charge on any atom is -0.460 e. The number of ether oxygens (including phenoxy) is 1. The molecule has 11 atom stereocenters. The molecule has 19 heteroatoms. The highest BCUT2D eigenvalue weighted by Crippen LogP contribution is 2.60. The molecule has 0 aromatic rings. The normalized spacial score (nSPS) is 36.2. The standard InChI is InChI=1S/C25H46F3NO11SSi3/c1-24(2,3)38-23(30)20-11-18-9-16(20)13-22(18)44(34,37-6)40-42(7,35-4)39-43(33,36-5)21-12-15-8-17(21)10-19(15)14-29-41(31,32)25(26,27)28/h15-22,29,33-34H,8-14H2,1-7H3. The summed E-state index contributed by atoms with van der Waals surface area (Å²) >= 11 is 0. The van der Waals surface area contributed by atoms with Crippen molar-refractivity contribution in [2.24, 2.45) is 35.5 Å². The number of halogens is 3. The molecule has 256 valence electrons.